The Morgan fingerprint density at radius 3 is 2.59 bits per heavy atom. The van der Waals surface area contributed by atoms with E-state index in [0.29, 0.717) is 12.2 Å². The average molecular weight is 303 g/mol. The van der Waals surface area contributed by atoms with E-state index in [1.807, 2.05) is 19.9 Å². The molecule has 1 atom stereocenters. The highest BCUT2D eigenvalue weighted by Crippen LogP contribution is 2.22. The maximum absolute atomic E-state index is 13.0. The van der Waals surface area contributed by atoms with Crippen molar-refractivity contribution in [3.63, 3.8) is 0 Å². The number of nitrogens with one attached hydrogen (secondary N) is 1. The van der Waals surface area contributed by atoms with Gasteiger partial charge in [0.1, 0.15) is 11.5 Å². The fourth-order valence-electron chi connectivity index (χ4n) is 2.53. The van der Waals surface area contributed by atoms with Crippen molar-refractivity contribution >= 4 is 5.91 Å². The zero-order valence-corrected chi connectivity index (χ0v) is 13.3. The number of amides is 1. The first-order chi connectivity index (χ1) is 10.6. The summed E-state index contributed by atoms with van der Waals surface area (Å²) in [4.78, 5) is 14.4. The van der Waals surface area contributed by atoms with Gasteiger partial charge in [0.25, 0.3) is 5.91 Å². The largest absolute Gasteiger partial charge is 0.331 e. The van der Waals surface area contributed by atoms with Crippen LogP contribution in [-0.2, 0) is 6.42 Å². The number of nitrogens with zero attached hydrogens (tertiary/aromatic N) is 2. The molecule has 0 bridgehead atoms. The topological polar surface area (TPSA) is 49.0 Å². The number of aryl methyl sites for hydroxylation is 1. The molecule has 118 valence electrons. The summed E-state index contributed by atoms with van der Waals surface area (Å²) in [5.41, 5.74) is 2.30. The highest BCUT2D eigenvalue weighted by Gasteiger charge is 2.23. The van der Waals surface area contributed by atoms with Gasteiger partial charge in [0, 0.05) is 12.2 Å². The van der Waals surface area contributed by atoms with E-state index in [0.717, 1.165) is 24.1 Å². The molecule has 4 nitrogen and oxygen atoms in total. The molecule has 5 heteroatoms. The molecule has 1 amide bonds. The zero-order chi connectivity index (χ0) is 16.1. The summed E-state index contributed by atoms with van der Waals surface area (Å²) in [6, 6.07) is 7.93. The second-order valence-electron chi connectivity index (χ2n) is 5.35. The van der Waals surface area contributed by atoms with E-state index in [1.165, 1.54) is 12.1 Å². The van der Waals surface area contributed by atoms with E-state index in [1.54, 1.807) is 17.0 Å². The van der Waals surface area contributed by atoms with Crippen LogP contribution in [0.5, 0.6) is 0 Å². The summed E-state index contributed by atoms with van der Waals surface area (Å²) >= 11 is 0. The van der Waals surface area contributed by atoms with Crippen molar-refractivity contribution in [2.75, 3.05) is 6.54 Å². The van der Waals surface area contributed by atoms with Gasteiger partial charge in [-0.3, -0.25) is 9.89 Å². The predicted octanol–water partition coefficient (Wildman–Crippen LogP) is 3.72. The maximum Gasteiger partial charge on any atom is 0.274 e. The maximum atomic E-state index is 13.0. The Balaban J connectivity index is 2.18. The van der Waals surface area contributed by atoms with Gasteiger partial charge in [0.15, 0.2) is 0 Å². The van der Waals surface area contributed by atoms with Gasteiger partial charge >= 0.3 is 0 Å². The fourth-order valence-corrected chi connectivity index (χ4v) is 2.53. The Bertz CT molecular complexity index is 621. The highest BCUT2D eigenvalue weighted by molar-refractivity contribution is 5.92. The van der Waals surface area contributed by atoms with Crippen LogP contribution in [0.2, 0.25) is 0 Å². The number of benzene rings is 1. The number of carbonyl (C=O) groups is 1. The Labute approximate surface area is 130 Å². The Morgan fingerprint density at radius 2 is 2.00 bits per heavy atom. The summed E-state index contributed by atoms with van der Waals surface area (Å²) in [7, 11) is 0. The van der Waals surface area contributed by atoms with Gasteiger partial charge in [-0.15, -0.1) is 0 Å². The zero-order valence-electron chi connectivity index (χ0n) is 13.3. The molecule has 0 saturated carbocycles. The van der Waals surface area contributed by atoms with Crippen molar-refractivity contribution in [1.82, 2.24) is 15.1 Å². The molecule has 1 aromatic carbocycles. The van der Waals surface area contributed by atoms with Crippen LogP contribution < -0.4 is 0 Å². The molecule has 22 heavy (non-hydrogen) atoms. The van der Waals surface area contributed by atoms with Gasteiger partial charge in [-0.05, 0) is 44.0 Å². The predicted molar refractivity (Wildman–Crippen MR) is 84.1 cm³/mol. The molecular formula is C17H22FN3O. The number of hydrogen-bond donors (Lipinski definition) is 1. The van der Waals surface area contributed by atoms with Crippen LogP contribution in [0.15, 0.2) is 30.3 Å². The average Bonchev–Trinajstić information content (AvgIpc) is 2.97. The number of hydrogen-bond acceptors (Lipinski definition) is 2. The number of carbonyl (C=O) groups excluding carboxylic acids is 1. The van der Waals surface area contributed by atoms with E-state index in [-0.39, 0.29) is 17.8 Å². The lowest BCUT2D eigenvalue weighted by molar-refractivity contribution is 0.0696. The lowest BCUT2D eigenvalue weighted by atomic mass is 10.1. The first-order valence-electron chi connectivity index (χ1n) is 7.67. The van der Waals surface area contributed by atoms with Gasteiger partial charge in [-0.2, -0.15) is 5.10 Å². The van der Waals surface area contributed by atoms with Crippen LogP contribution in [0.4, 0.5) is 4.39 Å². The summed E-state index contributed by atoms with van der Waals surface area (Å²) < 4.78 is 13.0. The summed E-state index contributed by atoms with van der Waals surface area (Å²) in [6.45, 7) is 6.51. The van der Waals surface area contributed by atoms with E-state index < -0.39 is 0 Å². The van der Waals surface area contributed by atoms with E-state index in [9.17, 15) is 9.18 Å². The molecule has 0 radical (unpaired) electrons. The Morgan fingerprint density at radius 1 is 1.32 bits per heavy atom. The smallest absolute Gasteiger partial charge is 0.274 e. The summed E-state index contributed by atoms with van der Waals surface area (Å²) in [5, 5.41) is 7.02. The van der Waals surface area contributed by atoms with Gasteiger partial charge in [0.05, 0.1) is 6.04 Å². The molecule has 2 aromatic rings. The highest BCUT2D eigenvalue weighted by atomic mass is 19.1. The van der Waals surface area contributed by atoms with Gasteiger partial charge in [-0.25, -0.2) is 4.39 Å². The molecule has 0 saturated heterocycles. The SMILES string of the molecule is CCCc1cc(C(=O)N(CC)C(C)c2ccc(F)cc2)n[nH]1. The molecule has 0 fully saturated rings. The van der Waals surface area contributed by atoms with Crippen LogP contribution in [0, 0.1) is 5.82 Å². The first kappa shape index (κ1) is 16.2. The third-order valence-corrected chi connectivity index (χ3v) is 3.79. The molecule has 0 aliphatic heterocycles. The molecule has 1 unspecified atom stereocenters. The number of aromatic nitrogens is 2. The van der Waals surface area contributed by atoms with Crippen LogP contribution in [0.1, 0.15) is 55.0 Å². The molecule has 2 rings (SSSR count). The first-order valence-corrected chi connectivity index (χ1v) is 7.67. The summed E-state index contributed by atoms with van der Waals surface area (Å²) in [5.74, 6) is -0.389. The number of halogens is 1. The fraction of sp³-hybridized carbons (Fsp3) is 0.412. The van der Waals surface area contributed by atoms with Crippen molar-refractivity contribution in [3.05, 3.63) is 53.1 Å². The van der Waals surface area contributed by atoms with Crippen molar-refractivity contribution in [2.24, 2.45) is 0 Å². The van der Waals surface area contributed by atoms with Gasteiger partial charge in [-0.1, -0.05) is 25.5 Å². The molecule has 0 aliphatic carbocycles. The molecule has 1 heterocycles. The van der Waals surface area contributed by atoms with Crippen LogP contribution >= 0.6 is 0 Å². The van der Waals surface area contributed by atoms with E-state index >= 15 is 0 Å². The van der Waals surface area contributed by atoms with Crippen molar-refractivity contribution < 1.29 is 9.18 Å². The summed E-state index contributed by atoms with van der Waals surface area (Å²) in [6.07, 6.45) is 1.87. The standard InChI is InChI=1S/C17H22FN3O/c1-4-6-15-11-16(20-19-15)17(22)21(5-2)12(3)13-7-9-14(18)10-8-13/h7-12H,4-6H2,1-3H3,(H,19,20). The second kappa shape index (κ2) is 7.20. The van der Waals surface area contributed by atoms with Crippen molar-refractivity contribution in [1.29, 1.82) is 0 Å². The number of H-pyrrole nitrogens is 1. The van der Waals surface area contributed by atoms with Crippen LogP contribution in [-0.4, -0.2) is 27.5 Å². The van der Waals surface area contributed by atoms with Crippen molar-refractivity contribution in [2.45, 2.75) is 39.7 Å². The lowest BCUT2D eigenvalue weighted by Gasteiger charge is -2.27. The monoisotopic (exact) mass is 303 g/mol. The quantitative estimate of drug-likeness (QED) is 0.884. The normalized spacial score (nSPS) is 12.2. The van der Waals surface area contributed by atoms with E-state index in [2.05, 4.69) is 17.1 Å². The van der Waals surface area contributed by atoms with E-state index in [4.69, 9.17) is 0 Å². The minimum absolute atomic E-state index is 0.113. The third kappa shape index (κ3) is 3.53. The molecule has 1 aromatic heterocycles. The van der Waals surface area contributed by atoms with Gasteiger partial charge in [0.2, 0.25) is 0 Å². The van der Waals surface area contributed by atoms with Crippen LogP contribution in [0.3, 0.4) is 0 Å². The van der Waals surface area contributed by atoms with Gasteiger partial charge < -0.3 is 4.90 Å². The Hall–Kier alpha value is -2.17. The lowest BCUT2D eigenvalue weighted by Crippen LogP contribution is -2.33. The molecule has 1 N–H and O–H groups in total. The van der Waals surface area contributed by atoms with Crippen molar-refractivity contribution in [3.8, 4) is 0 Å². The molecule has 0 spiro atoms. The third-order valence-electron chi connectivity index (χ3n) is 3.79. The van der Waals surface area contributed by atoms with Crippen LogP contribution in [0.25, 0.3) is 0 Å². The second-order valence-corrected chi connectivity index (χ2v) is 5.35. The minimum atomic E-state index is -0.276. The molecular weight excluding hydrogens is 281 g/mol. The Kier molecular flexibility index (Phi) is 5.31. The number of rotatable bonds is 6. The minimum Gasteiger partial charge on any atom is -0.331 e. The molecule has 0 aliphatic rings. The number of aromatic amines is 1.